The third-order valence-corrected chi connectivity index (χ3v) is 5.73. The van der Waals surface area contributed by atoms with Crippen LogP contribution in [0.1, 0.15) is 36.1 Å². The summed E-state index contributed by atoms with van der Waals surface area (Å²) in [5, 5.41) is 23.7. The summed E-state index contributed by atoms with van der Waals surface area (Å²) in [7, 11) is 0. The summed E-state index contributed by atoms with van der Waals surface area (Å²) in [5.74, 6) is 1.54. The SMILES string of the molecule is CCCc1nc2c(n1Cc1ccc(-c3ccccc3-c3nn[nH]n3)cc1)C=CN(C(=O)O)C2. The van der Waals surface area contributed by atoms with Crippen LogP contribution >= 0.6 is 0 Å². The molecule has 0 fully saturated rings. The molecule has 1 amide bonds. The van der Waals surface area contributed by atoms with Crippen LogP contribution < -0.4 is 0 Å². The highest BCUT2D eigenvalue weighted by atomic mass is 16.4. The lowest BCUT2D eigenvalue weighted by Gasteiger charge is -2.18. The number of aromatic nitrogens is 6. The van der Waals surface area contributed by atoms with E-state index in [4.69, 9.17) is 4.98 Å². The minimum absolute atomic E-state index is 0.274. The number of amides is 1. The zero-order chi connectivity index (χ0) is 22.8. The van der Waals surface area contributed by atoms with E-state index in [2.05, 4.69) is 56.4 Å². The number of H-pyrrole nitrogens is 1. The van der Waals surface area contributed by atoms with Crippen LogP contribution in [0.15, 0.2) is 54.7 Å². The molecule has 0 saturated carbocycles. The highest BCUT2D eigenvalue weighted by Gasteiger charge is 2.22. The maximum absolute atomic E-state index is 11.3. The number of carboxylic acid groups (broad SMARTS) is 1. The predicted octanol–water partition coefficient (Wildman–Crippen LogP) is 4.20. The summed E-state index contributed by atoms with van der Waals surface area (Å²) in [4.78, 5) is 17.4. The topological polar surface area (TPSA) is 113 Å². The second kappa shape index (κ2) is 8.70. The van der Waals surface area contributed by atoms with Gasteiger partial charge in [0.1, 0.15) is 5.82 Å². The Bertz CT molecular complexity index is 1310. The number of benzene rings is 2. The van der Waals surface area contributed by atoms with Crippen LogP contribution in [-0.2, 0) is 19.5 Å². The molecular weight excluding hydrogens is 418 g/mol. The molecule has 4 aromatic rings. The second-order valence-corrected chi connectivity index (χ2v) is 7.90. The zero-order valence-corrected chi connectivity index (χ0v) is 18.1. The molecule has 0 bridgehead atoms. The predicted molar refractivity (Wildman–Crippen MR) is 123 cm³/mol. The van der Waals surface area contributed by atoms with Crippen LogP contribution in [0.25, 0.3) is 28.6 Å². The highest BCUT2D eigenvalue weighted by Crippen LogP contribution is 2.30. The van der Waals surface area contributed by atoms with Crippen molar-refractivity contribution in [1.29, 1.82) is 0 Å². The summed E-state index contributed by atoms with van der Waals surface area (Å²) in [5.41, 5.74) is 5.94. The minimum Gasteiger partial charge on any atom is -0.465 e. The van der Waals surface area contributed by atoms with Gasteiger partial charge in [0.2, 0.25) is 5.82 Å². The molecule has 0 spiro atoms. The minimum atomic E-state index is -0.972. The Balaban J connectivity index is 1.44. The molecule has 2 aromatic heterocycles. The van der Waals surface area contributed by atoms with E-state index >= 15 is 0 Å². The number of rotatable bonds is 6. The monoisotopic (exact) mass is 441 g/mol. The third kappa shape index (κ3) is 4.00. The van der Waals surface area contributed by atoms with Crippen molar-refractivity contribution in [2.45, 2.75) is 32.9 Å². The first kappa shape index (κ1) is 20.6. The highest BCUT2D eigenvalue weighted by molar-refractivity contribution is 5.80. The number of aromatic amines is 1. The quantitative estimate of drug-likeness (QED) is 0.464. The summed E-state index contributed by atoms with van der Waals surface area (Å²) < 4.78 is 2.19. The summed E-state index contributed by atoms with van der Waals surface area (Å²) in [6.07, 6.45) is 4.28. The second-order valence-electron chi connectivity index (χ2n) is 7.90. The standard InChI is InChI=1S/C24H23N7O2/c1-2-5-22-25-20-15-30(24(32)33)13-12-21(20)31(22)14-16-8-10-17(11-9-16)18-6-3-4-7-19(18)23-26-28-29-27-23/h3-4,6-13H,2,5,14-15H2,1H3,(H,32,33)(H,26,27,28,29). The van der Waals surface area contributed by atoms with Gasteiger partial charge in [0.05, 0.1) is 17.9 Å². The van der Waals surface area contributed by atoms with Gasteiger partial charge in [-0.2, -0.15) is 5.21 Å². The number of carbonyl (C=O) groups is 1. The van der Waals surface area contributed by atoms with Crippen LogP contribution in [-0.4, -0.2) is 46.3 Å². The lowest BCUT2D eigenvalue weighted by Crippen LogP contribution is -2.25. The first-order valence-corrected chi connectivity index (χ1v) is 10.8. The van der Waals surface area contributed by atoms with E-state index in [0.717, 1.165) is 52.3 Å². The maximum atomic E-state index is 11.3. The molecule has 0 radical (unpaired) electrons. The zero-order valence-electron chi connectivity index (χ0n) is 18.1. The molecule has 166 valence electrons. The number of nitrogens with zero attached hydrogens (tertiary/aromatic N) is 6. The largest absolute Gasteiger partial charge is 0.465 e. The molecule has 0 unspecified atom stereocenters. The summed E-state index contributed by atoms with van der Waals surface area (Å²) >= 11 is 0. The van der Waals surface area contributed by atoms with Crippen molar-refractivity contribution in [1.82, 2.24) is 35.1 Å². The van der Waals surface area contributed by atoms with Gasteiger partial charge in [-0.15, -0.1) is 10.2 Å². The molecule has 0 aliphatic carbocycles. The van der Waals surface area contributed by atoms with E-state index in [1.165, 1.54) is 4.90 Å². The fraction of sp³-hybridized carbons (Fsp3) is 0.208. The van der Waals surface area contributed by atoms with Gasteiger partial charge in [0.25, 0.3) is 0 Å². The van der Waals surface area contributed by atoms with Crippen molar-refractivity contribution >= 4 is 12.2 Å². The number of hydrogen-bond donors (Lipinski definition) is 2. The Morgan fingerprint density at radius 2 is 1.91 bits per heavy atom. The Morgan fingerprint density at radius 1 is 1.12 bits per heavy atom. The molecule has 2 aromatic carbocycles. The third-order valence-electron chi connectivity index (χ3n) is 5.73. The molecule has 3 heterocycles. The van der Waals surface area contributed by atoms with Crippen molar-refractivity contribution in [3.05, 3.63) is 77.5 Å². The Hall–Kier alpha value is -4.27. The number of imidazole rings is 1. The van der Waals surface area contributed by atoms with Crippen LogP contribution in [0.2, 0.25) is 0 Å². The first-order valence-electron chi connectivity index (χ1n) is 10.8. The first-order chi connectivity index (χ1) is 16.1. The van der Waals surface area contributed by atoms with E-state index < -0.39 is 6.09 Å². The Labute approximate surface area is 190 Å². The lowest BCUT2D eigenvalue weighted by molar-refractivity contribution is 0.160. The number of hydrogen-bond acceptors (Lipinski definition) is 5. The molecule has 0 atom stereocenters. The smallest absolute Gasteiger partial charge is 0.411 e. The van der Waals surface area contributed by atoms with Crippen LogP contribution in [0.4, 0.5) is 4.79 Å². The summed E-state index contributed by atoms with van der Waals surface area (Å²) in [6, 6.07) is 16.4. The van der Waals surface area contributed by atoms with E-state index in [0.29, 0.717) is 12.4 Å². The Kier molecular flexibility index (Phi) is 5.43. The van der Waals surface area contributed by atoms with E-state index in [1.54, 1.807) is 6.20 Å². The van der Waals surface area contributed by atoms with E-state index in [1.807, 2.05) is 30.3 Å². The fourth-order valence-electron chi connectivity index (χ4n) is 4.15. The van der Waals surface area contributed by atoms with Gasteiger partial charge in [-0.25, -0.2) is 9.78 Å². The van der Waals surface area contributed by atoms with Gasteiger partial charge in [0.15, 0.2) is 0 Å². The van der Waals surface area contributed by atoms with Crippen molar-refractivity contribution in [3.8, 4) is 22.5 Å². The summed E-state index contributed by atoms with van der Waals surface area (Å²) in [6.45, 7) is 3.06. The molecule has 1 aliphatic heterocycles. The van der Waals surface area contributed by atoms with Gasteiger partial charge in [-0.1, -0.05) is 55.5 Å². The molecular formula is C24H23N7O2. The Morgan fingerprint density at radius 3 is 2.61 bits per heavy atom. The van der Waals surface area contributed by atoms with E-state index in [9.17, 15) is 9.90 Å². The molecule has 5 rings (SSSR count). The van der Waals surface area contributed by atoms with Crippen molar-refractivity contribution in [3.63, 3.8) is 0 Å². The average Bonchev–Trinajstić information content (AvgIpc) is 3.48. The van der Waals surface area contributed by atoms with E-state index in [-0.39, 0.29) is 6.54 Å². The number of nitrogens with one attached hydrogen (secondary N) is 1. The molecule has 9 heteroatoms. The van der Waals surface area contributed by atoms with Crippen LogP contribution in [0.5, 0.6) is 0 Å². The van der Waals surface area contributed by atoms with Crippen LogP contribution in [0.3, 0.4) is 0 Å². The van der Waals surface area contributed by atoms with Gasteiger partial charge in [-0.3, -0.25) is 4.90 Å². The molecule has 33 heavy (non-hydrogen) atoms. The number of fused-ring (bicyclic) bond motifs is 1. The van der Waals surface area contributed by atoms with Gasteiger partial charge in [0, 0.05) is 24.7 Å². The van der Waals surface area contributed by atoms with Crippen molar-refractivity contribution in [2.75, 3.05) is 0 Å². The fourth-order valence-corrected chi connectivity index (χ4v) is 4.15. The number of aryl methyl sites for hydroxylation is 1. The molecule has 9 nitrogen and oxygen atoms in total. The molecule has 1 aliphatic rings. The maximum Gasteiger partial charge on any atom is 0.411 e. The lowest BCUT2D eigenvalue weighted by atomic mass is 9.98. The van der Waals surface area contributed by atoms with Gasteiger partial charge >= 0.3 is 6.09 Å². The molecule has 2 N–H and O–H groups in total. The van der Waals surface area contributed by atoms with Gasteiger partial charge in [-0.05, 0) is 34.4 Å². The normalized spacial score (nSPS) is 12.7. The molecule has 0 saturated heterocycles. The van der Waals surface area contributed by atoms with Gasteiger partial charge < -0.3 is 9.67 Å². The number of tetrazole rings is 1. The van der Waals surface area contributed by atoms with Crippen molar-refractivity contribution < 1.29 is 9.90 Å². The average molecular weight is 441 g/mol. The van der Waals surface area contributed by atoms with Crippen LogP contribution in [0, 0.1) is 0 Å². The van der Waals surface area contributed by atoms with Crippen molar-refractivity contribution in [2.24, 2.45) is 0 Å².